The number of hydrogen-bond acceptors (Lipinski definition) is 18. The molecule has 0 aromatic rings. The smallest absolute Gasteiger partial charge is 0.186 e. The maximum Gasteiger partial charge on any atom is 0.186 e. The number of rotatable bonds is 10. The minimum absolute atomic E-state index is 0.0224. The molecular formula is C39H62O18. The van der Waals surface area contributed by atoms with Gasteiger partial charge in [0.1, 0.15) is 79.0 Å². The molecule has 23 unspecified atom stereocenters. The van der Waals surface area contributed by atoms with Gasteiger partial charge in [-0.1, -0.05) is 25.5 Å². The molecule has 4 aliphatic carbocycles. The molecule has 0 bridgehead atoms. The molecule has 18 nitrogen and oxygen atoms in total. The number of aliphatic hydroxyl groups is 11. The van der Waals surface area contributed by atoms with Crippen LogP contribution in [0.15, 0.2) is 11.6 Å². The quantitative estimate of drug-likeness (QED) is 0.0977. The van der Waals surface area contributed by atoms with E-state index in [0.29, 0.717) is 18.8 Å². The first-order valence-corrected chi connectivity index (χ1v) is 20.4. The summed E-state index contributed by atoms with van der Waals surface area (Å²) in [7, 11) is 0. The predicted molar refractivity (Wildman–Crippen MR) is 191 cm³/mol. The van der Waals surface area contributed by atoms with E-state index in [1.807, 2.05) is 0 Å². The van der Waals surface area contributed by atoms with Crippen molar-refractivity contribution in [3.8, 4) is 0 Å². The van der Waals surface area contributed by atoms with Crippen LogP contribution < -0.4 is 0 Å². The summed E-state index contributed by atoms with van der Waals surface area (Å²) in [6.45, 7) is 4.14. The molecule has 0 aromatic heterocycles. The van der Waals surface area contributed by atoms with Crippen LogP contribution in [0.4, 0.5) is 0 Å². The summed E-state index contributed by atoms with van der Waals surface area (Å²) in [6.07, 6.45) is -17.6. The van der Waals surface area contributed by atoms with Gasteiger partial charge in [-0.25, -0.2) is 0 Å². The van der Waals surface area contributed by atoms with Crippen molar-refractivity contribution >= 4 is 5.78 Å². The molecule has 3 heterocycles. The normalized spacial score (nSPS) is 54.0. The monoisotopic (exact) mass is 818 g/mol. The number of Topliss-reactive ketones (excluding diaryl/α,β-unsaturated/α-hetero) is 1. The zero-order valence-corrected chi connectivity index (χ0v) is 32.5. The largest absolute Gasteiger partial charge is 0.394 e. The van der Waals surface area contributed by atoms with Gasteiger partial charge in [-0.3, -0.25) is 4.79 Å². The Morgan fingerprint density at radius 1 is 0.702 bits per heavy atom. The summed E-state index contributed by atoms with van der Waals surface area (Å²) >= 11 is 0. The fourth-order valence-electron chi connectivity index (χ4n) is 11.6. The average Bonchev–Trinajstić information content (AvgIpc) is 3.48. The van der Waals surface area contributed by atoms with E-state index in [-0.39, 0.29) is 29.1 Å². The Hall–Kier alpha value is -1.27. The fourth-order valence-corrected chi connectivity index (χ4v) is 11.6. The number of carbonyl (C=O) groups excluding carboxylic acids is 1. The third-order valence-electron chi connectivity index (χ3n) is 14.9. The molecule has 0 aromatic carbocycles. The van der Waals surface area contributed by atoms with Gasteiger partial charge >= 0.3 is 0 Å². The zero-order chi connectivity index (χ0) is 41.3. The highest BCUT2D eigenvalue weighted by molar-refractivity contribution is 5.80. The van der Waals surface area contributed by atoms with Crippen LogP contribution in [0.5, 0.6) is 0 Å². The second-order valence-electron chi connectivity index (χ2n) is 18.1. The third kappa shape index (κ3) is 7.79. The Kier molecular flexibility index (Phi) is 13.0. The Balaban J connectivity index is 1.01. The second-order valence-corrected chi connectivity index (χ2v) is 18.1. The summed E-state index contributed by atoms with van der Waals surface area (Å²) in [6, 6.07) is 0. The van der Waals surface area contributed by atoms with Gasteiger partial charge in [0.2, 0.25) is 0 Å². The lowest BCUT2D eigenvalue weighted by Crippen LogP contribution is -2.63. The lowest BCUT2D eigenvalue weighted by Gasteiger charge is -2.57. The van der Waals surface area contributed by atoms with Crippen LogP contribution in [0, 0.1) is 34.5 Å². The van der Waals surface area contributed by atoms with Crippen LogP contribution in [-0.4, -0.2) is 186 Å². The van der Waals surface area contributed by atoms with E-state index in [4.69, 9.17) is 28.4 Å². The van der Waals surface area contributed by atoms with Crippen LogP contribution in [0.25, 0.3) is 0 Å². The highest BCUT2D eigenvalue weighted by Crippen LogP contribution is 2.66. The second kappa shape index (κ2) is 16.9. The molecule has 326 valence electrons. The number of fused-ring (bicyclic) bond motifs is 5. The molecule has 0 radical (unpaired) electrons. The molecule has 3 saturated heterocycles. The first kappa shape index (κ1) is 43.8. The van der Waals surface area contributed by atoms with Gasteiger partial charge in [0, 0.05) is 5.92 Å². The molecule has 7 aliphatic rings. The van der Waals surface area contributed by atoms with Gasteiger partial charge in [0.05, 0.1) is 32.0 Å². The van der Waals surface area contributed by atoms with Gasteiger partial charge in [-0.05, 0) is 80.5 Å². The van der Waals surface area contributed by atoms with Gasteiger partial charge in [-0.15, -0.1) is 0 Å². The SMILES string of the molecule is CC(=O)C1C(OC2OC(COC3OC(COC4OC(CO)C(O)C(O)C4O)C(O)C(O)C3O)C(O)C(O)C2O)CC2C3CC=C4CC(O)CCC4(C)C3CCC21C. The molecule has 6 fully saturated rings. The van der Waals surface area contributed by atoms with Crippen LogP contribution in [0.1, 0.15) is 65.7 Å². The van der Waals surface area contributed by atoms with Crippen LogP contribution in [0.3, 0.4) is 0 Å². The van der Waals surface area contributed by atoms with Crippen molar-refractivity contribution in [3.63, 3.8) is 0 Å². The predicted octanol–water partition coefficient (Wildman–Crippen LogP) is -3.04. The summed E-state index contributed by atoms with van der Waals surface area (Å²) in [5.41, 5.74) is 0.913. The number of hydrogen-bond donors (Lipinski definition) is 11. The number of aliphatic hydroxyl groups excluding tert-OH is 11. The number of carbonyl (C=O) groups is 1. The van der Waals surface area contributed by atoms with E-state index in [9.17, 15) is 61.0 Å². The highest BCUT2D eigenvalue weighted by atomic mass is 16.7. The van der Waals surface area contributed by atoms with Crippen LogP contribution in [-0.2, 0) is 33.2 Å². The standard InChI is InChI=1S/C39H62O18/c1-15(41)25-21(11-20-18-5-4-16-10-17(42)6-8-38(16,2)19(18)7-9-39(20,25)3)54-37-34(51)31(48)28(45)24(57-37)14-53-36-33(50)30(47)27(44)23(56-36)13-52-35-32(49)29(46)26(43)22(12-40)55-35/h4,17-37,40,42-51H,5-14H2,1-3H3. The van der Waals surface area contributed by atoms with E-state index in [1.165, 1.54) is 5.57 Å². The van der Waals surface area contributed by atoms with Gasteiger partial charge in [0.15, 0.2) is 18.9 Å². The average molecular weight is 819 g/mol. The highest BCUT2D eigenvalue weighted by Gasteiger charge is 2.63. The molecule has 3 aliphatic heterocycles. The van der Waals surface area contributed by atoms with E-state index in [1.54, 1.807) is 6.92 Å². The molecule has 57 heavy (non-hydrogen) atoms. The Morgan fingerprint density at radius 3 is 1.79 bits per heavy atom. The van der Waals surface area contributed by atoms with Crippen molar-refractivity contribution in [1.82, 2.24) is 0 Å². The van der Waals surface area contributed by atoms with Gasteiger partial charge in [0.25, 0.3) is 0 Å². The summed E-state index contributed by atoms with van der Waals surface area (Å²) in [5, 5.41) is 115. The van der Waals surface area contributed by atoms with E-state index in [2.05, 4.69) is 19.9 Å². The van der Waals surface area contributed by atoms with E-state index < -0.39 is 129 Å². The molecule has 23 atom stereocenters. The van der Waals surface area contributed by atoms with Crippen molar-refractivity contribution in [1.29, 1.82) is 0 Å². The van der Waals surface area contributed by atoms with Crippen molar-refractivity contribution in [2.24, 2.45) is 34.5 Å². The summed E-state index contributed by atoms with van der Waals surface area (Å²) < 4.78 is 34.6. The minimum Gasteiger partial charge on any atom is -0.394 e. The van der Waals surface area contributed by atoms with Crippen molar-refractivity contribution in [2.45, 2.75) is 170 Å². The molecule has 0 spiro atoms. The molecular weight excluding hydrogens is 756 g/mol. The van der Waals surface area contributed by atoms with Crippen molar-refractivity contribution in [3.05, 3.63) is 11.6 Å². The van der Waals surface area contributed by atoms with Gasteiger partial charge in [-0.2, -0.15) is 0 Å². The molecule has 7 rings (SSSR count). The van der Waals surface area contributed by atoms with E-state index in [0.717, 1.165) is 32.1 Å². The lowest BCUT2D eigenvalue weighted by molar-refractivity contribution is -0.345. The van der Waals surface area contributed by atoms with Crippen LogP contribution in [0.2, 0.25) is 0 Å². The zero-order valence-electron chi connectivity index (χ0n) is 32.5. The maximum absolute atomic E-state index is 13.4. The Bertz CT molecular complexity index is 1450. The maximum atomic E-state index is 13.4. The fraction of sp³-hybridized carbons (Fsp3) is 0.923. The summed E-state index contributed by atoms with van der Waals surface area (Å²) in [4.78, 5) is 13.4. The Morgan fingerprint density at radius 2 is 1.23 bits per heavy atom. The topological polar surface area (TPSA) is 295 Å². The number of allylic oxidation sites excluding steroid dienone is 1. The first-order valence-electron chi connectivity index (χ1n) is 20.4. The number of ketones is 1. The molecule has 3 saturated carbocycles. The molecule has 11 N–H and O–H groups in total. The lowest BCUT2D eigenvalue weighted by atomic mass is 9.47. The minimum atomic E-state index is -1.83. The summed E-state index contributed by atoms with van der Waals surface area (Å²) in [5.74, 6) is 0.223. The van der Waals surface area contributed by atoms with Crippen molar-refractivity contribution in [2.75, 3.05) is 19.8 Å². The van der Waals surface area contributed by atoms with Gasteiger partial charge < -0.3 is 84.6 Å². The number of ether oxygens (including phenoxy) is 6. The van der Waals surface area contributed by atoms with E-state index >= 15 is 0 Å². The Labute approximate surface area is 330 Å². The first-order chi connectivity index (χ1) is 26.9. The van der Waals surface area contributed by atoms with Crippen LogP contribution >= 0.6 is 0 Å². The van der Waals surface area contributed by atoms with Crippen molar-refractivity contribution < 1.29 is 89.4 Å². The molecule has 0 amide bonds. The molecule has 18 heteroatoms. The third-order valence-corrected chi connectivity index (χ3v) is 14.9.